The third kappa shape index (κ3) is 12.8. The summed E-state index contributed by atoms with van der Waals surface area (Å²) in [7, 11) is 0. The Bertz CT molecular complexity index is 189. The zero-order valence-corrected chi connectivity index (χ0v) is 13.5. The molecule has 0 spiro atoms. The Balaban J connectivity index is 0. The molecule has 0 aromatic carbocycles. The van der Waals surface area contributed by atoms with Crippen molar-refractivity contribution in [2.45, 2.75) is 66.1 Å². The average Bonchev–Trinajstić information content (AvgIpc) is 2.38. The lowest BCUT2D eigenvalue weighted by Crippen LogP contribution is -2.32. The van der Waals surface area contributed by atoms with Crippen molar-refractivity contribution in [2.75, 3.05) is 19.8 Å². The van der Waals surface area contributed by atoms with Crippen molar-refractivity contribution in [3.8, 4) is 0 Å². The number of aliphatic hydroxyl groups excluding tert-OH is 4. The highest BCUT2D eigenvalue weighted by Gasteiger charge is 2.24. The fraction of sp³-hybridized carbons (Fsp3) is 1.00. The summed E-state index contributed by atoms with van der Waals surface area (Å²) in [5, 5.41) is 43.0. The summed E-state index contributed by atoms with van der Waals surface area (Å²) in [6, 6.07) is 0. The summed E-state index contributed by atoms with van der Waals surface area (Å²) >= 11 is 0. The van der Waals surface area contributed by atoms with Gasteiger partial charge in [0.15, 0.2) is 6.29 Å². The monoisotopic (exact) mass is 294 g/mol. The summed E-state index contributed by atoms with van der Waals surface area (Å²) in [6.45, 7) is 7.94. The molecule has 0 saturated heterocycles. The van der Waals surface area contributed by atoms with E-state index in [1.165, 1.54) is 0 Å². The summed E-state index contributed by atoms with van der Waals surface area (Å²) in [4.78, 5) is 0. The normalized spacial score (nSPS) is 12.3. The average molecular weight is 294 g/mol. The van der Waals surface area contributed by atoms with Crippen molar-refractivity contribution in [2.24, 2.45) is 10.8 Å². The van der Waals surface area contributed by atoms with Crippen LogP contribution in [0, 0.1) is 10.8 Å². The molecule has 0 saturated carbocycles. The molecule has 0 atom stereocenters. The van der Waals surface area contributed by atoms with E-state index in [9.17, 15) is 0 Å². The molecule has 0 fully saturated rings. The molecule has 0 aliphatic carbocycles. The first-order valence-corrected chi connectivity index (χ1v) is 7.35. The number of hydrogen-bond donors (Lipinski definition) is 5. The van der Waals surface area contributed by atoms with E-state index < -0.39 is 11.7 Å². The van der Waals surface area contributed by atoms with Crippen LogP contribution in [0.1, 0.15) is 59.8 Å². The number of unbranched alkanes of at least 4 members (excludes halogenated alkanes) is 1. The Labute approximate surface area is 123 Å². The molecule has 5 nitrogen and oxygen atoms in total. The van der Waals surface area contributed by atoms with Gasteiger partial charge in [0.2, 0.25) is 0 Å². The van der Waals surface area contributed by atoms with Crippen molar-refractivity contribution >= 4 is 0 Å². The van der Waals surface area contributed by atoms with E-state index >= 15 is 0 Å². The third-order valence-electron chi connectivity index (χ3n) is 3.40. The molecule has 0 amide bonds. The summed E-state index contributed by atoms with van der Waals surface area (Å²) in [6.07, 6.45) is 3.14. The lowest BCUT2D eigenvalue weighted by molar-refractivity contribution is -0.0468. The maximum atomic E-state index is 8.66. The van der Waals surface area contributed by atoms with Crippen LogP contribution in [0.4, 0.5) is 0 Å². The van der Waals surface area contributed by atoms with Gasteiger partial charge in [-0.05, 0) is 31.1 Å². The molecule has 0 unspecified atom stereocenters. The molecule has 0 rings (SSSR count). The molecule has 0 aromatic heterocycles. The highest BCUT2D eigenvalue weighted by Crippen LogP contribution is 2.22. The highest BCUT2D eigenvalue weighted by atomic mass is 16.5. The van der Waals surface area contributed by atoms with E-state index in [-0.39, 0.29) is 19.8 Å². The first-order chi connectivity index (χ1) is 9.16. The molecule has 0 bridgehead atoms. The smallest absolute Gasteiger partial charge is 0.151 e. The van der Waals surface area contributed by atoms with Crippen molar-refractivity contribution in [3.05, 3.63) is 0 Å². The molecule has 5 N–H and O–H groups in total. The second-order valence-electron chi connectivity index (χ2n) is 6.61. The van der Waals surface area contributed by atoms with Crippen molar-refractivity contribution in [1.29, 1.82) is 0 Å². The molecular formula is C15H34O5. The Morgan fingerprint density at radius 1 is 0.850 bits per heavy atom. The van der Waals surface area contributed by atoms with Gasteiger partial charge in [0.25, 0.3) is 0 Å². The van der Waals surface area contributed by atoms with E-state index in [1.807, 2.05) is 6.92 Å². The quantitative estimate of drug-likeness (QED) is 0.343. The zero-order valence-electron chi connectivity index (χ0n) is 13.5. The van der Waals surface area contributed by atoms with E-state index in [0.29, 0.717) is 18.3 Å². The van der Waals surface area contributed by atoms with Crippen LogP contribution in [0.3, 0.4) is 0 Å². The van der Waals surface area contributed by atoms with Crippen molar-refractivity contribution in [3.63, 3.8) is 0 Å². The highest BCUT2D eigenvalue weighted by molar-refractivity contribution is 4.74. The number of aliphatic hydroxyl groups is 5. The summed E-state index contributed by atoms with van der Waals surface area (Å²) < 4.78 is 0. The van der Waals surface area contributed by atoms with Crippen LogP contribution in [-0.2, 0) is 0 Å². The Kier molecular flexibility index (Phi) is 12.7. The Hall–Kier alpha value is -0.200. The minimum absolute atomic E-state index is 0.156. The van der Waals surface area contributed by atoms with E-state index in [0.717, 1.165) is 19.3 Å². The van der Waals surface area contributed by atoms with Crippen LogP contribution in [0.5, 0.6) is 0 Å². The van der Waals surface area contributed by atoms with Gasteiger partial charge in [-0.1, -0.05) is 34.1 Å². The zero-order chi connectivity index (χ0) is 16.2. The summed E-state index contributed by atoms with van der Waals surface area (Å²) in [5.41, 5.74) is -0.291. The summed E-state index contributed by atoms with van der Waals surface area (Å²) in [5.74, 6) is 0. The largest absolute Gasteiger partial charge is 0.396 e. The standard InChI is InChI=1S/C9H20O2.C6H14O3/c1-9(2,3)7-5-4-6-8(10)11;1-2-6(3-7,4-8)5-9/h8,10-11H,4-7H2,1-3H3;7-9H,2-5H2,1H3. The van der Waals surface area contributed by atoms with E-state index in [2.05, 4.69) is 20.8 Å². The second kappa shape index (κ2) is 11.5. The maximum Gasteiger partial charge on any atom is 0.151 e. The lowest BCUT2D eigenvalue weighted by Gasteiger charge is -2.24. The van der Waals surface area contributed by atoms with E-state index in [4.69, 9.17) is 25.5 Å². The van der Waals surface area contributed by atoms with Gasteiger partial charge < -0.3 is 25.5 Å². The first kappa shape index (κ1) is 22.1. The van der Waals surface area contributed by atoms with Crippen LogP contribution in [-0.4, -0.2) is 51.6 Å². The Morgan fingerprint density at radius 3 is 1.50 bits per heavy atom. The molecule has 5 heteroatoms. The molecule has 124 valence electrons. The van der Waals surface area contributed by atoms with Crippen LogP contribution in [0.2, 0.25) is 0 Å². The first-order valence-electron chi connectivity index (χ1n) is 7.35. The van der Waals surface area contributed by atoms with Gasteiger partial charge >= 0.3 is 0 Å². The molecule has 20 heavy (non-hydrogen) atoms. The Morgan fingerprint density at radius 2 is 1.30 bits per heavy atom. The van der Waals surface area contributed by atoms with Gasteiger partial charge in [-0.3, -0.25) is 0 Å². The minimum Gasteiger partial charge on any atom is -0.396 e. The second-order valence-corrected chi connectivity index (χ2v) is 6.61. The maximum absolute atomic E-state index is 8.66. The van der Waals surface area contributed by atoms with Crippen LogP contribution < -0.4 is 0 Å². The molecule has 0 radical (unpaired) electrons. The van der Waals surface area contributed by atoms with Gasteiger partial charge in [0.1, 0.15) is 0 Å². The molecule has 0 heterocycles. The van der Waals surface area contributed by atoms with Gasteiger partial charge in [0.05, 0.1) is 19.8 Å². The number of rotatable bonds is 8. The SMILES string of the molecule is CC(C)(C)CCCCC(O)O.CCC(CO)(CO)CO. The predicted octanol–water partition coefficient (Wildman–Crippen LogP) is 1.26. The van der Waals surface area contributed by atoms with Crippen LogP contribution in [0.15, 0.2) is 0 Å². The fourth-order valence-electron chi connectivity index (χ4n) is 1.47. The third-order valence-corrected chi connectivity index (χ3v) is 3.40. The fourth-order valence-corrected chi connectivity index (χ4v) is 1.47. The topological polar surface area (TPSA) is 101 Å². The van der Waals surface area contributed by atoms with E-state index in [1.54, 1.807) is 0 Å². The van der Waals surface area contributed by atoms with Gasteiger partial charge in [-0.25, -0.2) is 0 Å². The minimum atomic E-state index is -1.12. The van der Waals surface area contributed by atoms with Crippen LogP contribution >= 0.6 is 0 Å². The van der Waals surface area contributed by atoms with Gasteiger partial charge in [0, 0.05) is 5.41 Å². The van der Waals surface area contributed by atoms with Crippen LogP contribution in [0.25, 0.3) is 0 Å². The molecular weight excluding hydrogens is 260 g/mol. The lowest BCUT2D eigenvalue weighted by atomic mass is 9.88. The van der Waals surface area contributed by atoms with Gasteiger partial charge in [-0.2, -0.15) is 0 Å². The van der Waals surface area contributed by atoms with Gasteiger partial charge in [-0.15, -0.1) is 0 Å². The molecule has 0 aliphatic heterocycles. The van der Waals surface area contributed by atoms with Crippen molar-refractivity contribution in [1.82, 2.24) is 0 Å². The molecule has 0 aliphatic rings. The number of hydrogen-bond acceptors (Lipinski definition) is 5. The molecule has 0 aromatic rings. The predicted molar refractivity (Wildman–Crippen MR) is 80.1 cm³/mol. The van der Waals surface area contributed by atoms with Crippen molar-refractivity contribution < 1.29 is 25.5 Å².